The van der Waals surface area contributed by atoms with Gasteiger partial charge in [0.15, 0.2) is 0 Å². The van der Waals surface area contributed by atoms with Crippen LogP contribution in [-0.2, 0) is 14.8 Å². The molecule has 1 aromatic rings. The molecule has 0 atom stereocenters. The Bertz CT molecular complexity index is 562. The van der Waals surface area contributed by atoms with Crippen molar-refractivity contribution in [3.63, 3.8) is 0 Å². The Morgan fingerprint density at radius 2 is 1.57 bits per heavy atom. The first-order chi connectivity index (χ1) is 10.2. The first kappa shape index (κ1) is 14.8. The minimum Gasteiger partial charge on any atom is -0.379 e. The number of morpholine rings is 1. The summed E-state index contributed by atoms with van der Waals surface area (Å²) in [7, 11) is -3.39. The molecular weight excluding hydrogens is 290 g/mol. The number of rotatable bonds is 3. The maximum atomic E-state index is 12.5. The second-order valence-corrected chi connectivity index (χ2v) is 7.19. The highest BCUT2D eigenvalue weighted by molar-refractivity contribution is 7.89. The highest BCUT2D eigenvalue weighted by Crippen LogP contribution is 2.21. The lowest BCUT2D eigenvalue weighted by atomic mass is 10.2. The van der Waals surface area contributed by atoms with Crippen LogP contribution in [0.5, 0.6) is 0 Å². The Balaban J connectivity index is 1.76. The van der Waals surface area contributed by atoms with Crippen molar-refractivity contribution < 1.29 is 13.2 Å². The van der Waals surface area contributed by atoms with Crippen LogP contribution in [0.1, 0.15) is 0 Å². The second-order valence-electron chi connectivity index (χ2n) is 5.25. The molecule has 0 aromatic heterocycles. The summed E-state index contributed by atoms with van der Waals surface area (Å²) in [6, 6.07) is 7.22. The van der Waals surface area contributed by atoms with Gasteiger partial charge in [-0.05, 0) is 24.3 Å². The number of sulfonamides is 1. The molecular formula is C14H21N3O3S. The third kappa shape index (κ3) is 3.21. The maximum absolute atomic E-state index is 12.5. The summed E-state index contributed by atoms with van der Waals surface area (Å²) in [5, 5.41) is 3.31. The minimum absolute atomic E-state index is 0.364. The lowest BCUT2D eigenvalue weighted by Gasteiger charge is -2.30. The van der Waals surface area contributed by atoms with Gasteiger partial charge in [-0.2, -0.15) is 4.31 Å². The van der Waals surface area contributed by atoms with Crippen LogP contribution in [0.2, 0.25) is 0 Å². The Kier molecular flexibility index (Phi) is 4.44. The summed E-state index contributed by atoms with van der Waals surface area (Å²) in [5.74, 6) is 0. The van der Waals surface area contributed by atoms with Gasteiger partial charge in [0.05, 0.1) is 18.1 Å². The normalized spacial score (nSPS) is 21.4. The fraction of sp³-hybridized carbons (Fsp3) is 0.571. The molecule has 1 N–H and O–H groups in total. The Hall–Kier alpha value is -1.15. The molecule has 21 heavy (non-hydrogen) atoms. The lowest BCUT2D eigenvalue weighted by molar-refractivity contribution is 0.0730. The molecule has 0 unspecified atom stereocenters. The van der Waals surface area contributed by atoms with Gasteiger partial charge < -0.3 is 15.0 Å². The number of nitrogens with one attached hydrogen (secondary N) is 1. The first-order valence-corrected chi connectivity index (χ1v) is 8.75. The van der Waals surface area contributed by atoms with Crippen molar-refractivity contribution in [3.05, 3.63) is 24.3 Å². The molecule has 0 amide bonds. The smallest absolute Gasteiger partial charge is 0.243 e. The van der Waals surface area contributed by atoms with Gasteiger partial charge >= 0.3 is 0 Å². The largest absolute Gasteiger partial charge is 0.379 e. The maximum Gasteiger partial charge on any atom is 0.243 e. The van der Waals surface area contributed by atoms with Crippen molar-refractivity contribution in [2.75, 3.05) is 57.4 Å². The molecule has 3 rings (SSSR count). The molecule has 7 heteroatoms. The fourth-order valence-electron chi connectivity index (χ4n) is 2.69. The number of nitrogens with zero attached hydrogens (tertiary/aromatic N) is 2. The van der Waals surface area contributed by atoms with Gasteiger partial charge in [0.25, 0.3) is 0 Å². The Labute approximate surface area is 125 Å². The molecule has 0 spiro atoms. The summed E-state index contributed by atoms with van der Waals surface area (Å²) in [4.78, 5) is 2.63. The zero-order valence-corrected chi connectivity index (χ0v) is 12.8. The zero-order valence-electron chi connectivity index (χ0n) is 12.0. The SMILES string of the molecule is O=S(=O)(c1ccc(N2CCNCC2)cc1)N1CCOCC1. The van der Waals surface area contributed by atoms with Crippen molar-refractivity contribution in [2.24, 2.45) is 0 Å². The zero-order chi connectivity index (χ0) is 14.7. The van der Waals surface area contributed by atoms with Gasteiger partial charge in [0.2, 0.25) is 10.0 Å². The van der Waals surface area contributed by atoms with Gasteiger partial charge in [0.1, 0.15) is 0 Å². The predicted molar refractivity (Wildman–Crippen MR) is 81.1 cm³/mol. The number of ether oxygens (including phenoxy) is 1. The molecule has 2 aliphatic heterocycles. The second kappa shape index (κ2) is 6.31. The van der Waals surface area contributed by atoms with Crippen molar-refractivity contribution >= 4 is 15.7 Å². The van der Waals surface area contributed by atoms with Crippen LogP contribution in [0.15, 0.2) is 29.2 Å². The van der Waals surface area contributed by atoms with Crippen LogP contribution in [0.4, 0.5) is 5.69 Å². The van der Waals surface area contributed by atoms with Crippen LogP contribution in [0.25, 0.3) is 0 Å². The van der Waals surface area contributed by atoms with Gasteiger partial charge in [-0.1, -0.05) is 0 Å². The molecule has 1 aromatic carbocycles. The van der Waals surface area contributed by atoms with E-state index < -0.39 is 10.0 Å². The molecule has 0 aliphatic carbocycles. The molecule has 0 radical (unpaired) electrons. The van der Waals surface area contributed by atoms with Gasteiger partial charge in [0, 0.05) is 45.0 Å². The molecule has 0 saturated carbocycles. The van der Waals surface area contributed by atoms with E-state index in [-0.39, 0.29) is 0 Å². The predicted octanol–water partition coefficient (Wildman–Crippen LogP) is 0.117. The molecule has 2 aliphatic rings. The molecule has 2 heterocycles. The van der Waals surface area contributed by atoms with E-state index in [4.69, 9.17) is 4.74 Å². The van der Waals surface area contributed by atoms with E-state index in [2.05, 4.69) is 10.2 Å². The van der Waals surface area contributed by atoms with Crippen LogP contribution in [0, 0.1) is 0 Å². The number of hydrogen-bond acceptors (Lipinski definition) is 5. The summed E-state index contributed by atoms with van der Waals surface area (Å²) >= 11 is 0. The minimum atomic E-state index is -3.39. The third-order valence-corrected chi connectivity index (χ3v) is 5.84. The van der Waals surface area contributed by atoms with E-state index in [1.807, 2.05) is 12.1 Å². The van der Waals surface area contributed by atoms with E-state index in [0.29, 0.717) is 31.2 Å². The van der Waals surface area contributed by atoms with Crippen LogP contribution < -0.4 is 10.2 Å². The monoisotopic (exact) mass is 311 g/mol. The van der Waals surface area contributed by atoms with Crippen molar-refractivity contribution in [3.8, 4) is 0 Å². The molecule has 2 saturated heterocycles. The highest BCUT2D eigenvalue weighted by atomic mass is 32.2. The lowest BCUT2D eigenvalue weighted by Crippen LogP contribution is -2.43. The number of piperazine rings is 1. The Morgan fingerprint density at radius 1 is 0.952 bits per heavy atom. The van der Waals surface area contributed by atoms with Crippen molar-refractivity contribution in [2.45, 2.75) is 4.90 Å². The van der Waals surface area contributed by atoms with Crippen molar-refractivity contribution in [1.29, 1.82) is 0 Å². The molecule has 6 nitrogen and oxygen atoms in total. The number of hydrogen-bond donors (Lipinski definition) is 1. The molecule has 0 bridgehead atoms. The van der Waals surface area contributed by atoms with Gasteiger partial charge in [-0.25, -0.2) is 8.42 Å². The summed E-state index contributed by atoms with van der Waals surface area (Å²) in [6.07, 6.45) is 0. The average Bonchev–Trinajstić information content (AvgIpc) is 2.57. The highest BCUT2D eigenvalue weighted by Gasteiger charge is 2.26. The van der Waals surface area contributed by atoms with E-state index in [0.717, 1.165) is 31.9 Å². The fourth-order valence-corrected chi connectivity index (χ4v) is 4.10. The van der Waals surface area contributed by atoms with Crippen LogP contribution in [0.3, 0.4) is 0 Å². The van der Waals surface area contributed by atoms with E-state index in [1.165, 1.54) is 4.31 Å². The van der Waals surface area contributed by atoms with Crippen molar-refractivity contribution in [1.82, 2.24) is 9.62 Å². The average molecular weight is 311 g/mol. The summed E-state index contributed by atoms with van der Waals surface area (Å²) in [5.41, 5.74) is 1.08. The Morgan fingerprint density at radius 3 is 2.19 bits per heavy atom. The third-order valence-electron chi connectivity index (χ3n) is 3.93. The van der Waals surface area contributed by atoms with Crippen LogP contribution >= 0.6 is 0 Å². The topological polar surface area (TPSA) is 61.9 Å². The number of anilines is 1. The summed E-state index contributed by atoms with van der Waals surface area (Å²) < 4.78 is 31.7. The van der Waals surface area contributed by atoms with E-state index in [9.17, 15) is 8.42 Å². The standard InChI is InChI=1S/C14H21N3O3S/c18-21(19,17-9-11-20-12-10-17)14-3-1-13(2-4-14)16-7-5-15-6-8-16/h1-4,15H,5-12H2. The van der Waals surface area contributed by atoms with Gasteiger partial charge in [-0.15, -0.1) is 0 Å². The molecule has 116 valence electrons. The van der Waals surface area contributed by atoms with Gasteiger partial charge in [-0.3, -0.25) is 0 Å². The van der Waals surface area contributed by atoms with Crippen LogP contribution in [-0.4, -0.2) is 65.2 Å². The van der Waals surface area contributed by atoms with E-state index >= 15 is 0 Å². The first-order valence-electron chi connectivity index (χ1n) is 7.31. The number of benzene rings is 1. The van der Waals surface area contributed by atoms with E-state index in [1.54, 1.807) is 12.1 Å². The summed E-state index contributed by atoms with van der Waals surface area (Å²) in [6.45, 7) is 5.65. The molecule has 2 fully saturated rings. The quantitative estimate of drug-likeness (QED) is 0.859.